The molecular formula is C13H14BF3N2O2. The summed E-state index contributed by atoms with van der Waals surface area (Å²) >= 11 is 0. The van der Waals surface area contributed by atoms with Crippen LogP contribution >= 0.6 is 0 Å². The van der Waals surface area contributed by atoms with Crippen molar-refractivity contribution in [3.63, 3.8) is 0 Å². The molecule has 2 rings (SSSR count). The van der Waals surface area contributed by atoms with E-state index in [0.717, 1.165) is 12.3 Å². The predicted molar refractivity (Wildman–Crippen MR) is 69.7 cm³/mol. The van der Waals surface area contributed by atoms with Crippen LogP contribution in [0.5, 0.6) is 0 Å². The van der Waals surface area contributed by atoms with Crippen LogP contribution in [0.15, 0.2) is 12.3 Å². The summed E-state index contributed by atoms with van der Waals surface area (Å²) in [6.07, 6.45) is -3.70. The number of rotatable bonds is 1. The predicted octanol–water partition coefficient (Wildman–Crippen LogP) is 2.27. The van der Waals surface area contributed by atoms with Gasteiger partial charge >= 0.3 is 13.3 Å². The van der Waals surface area contributed by atoms with E-state index in [9.17, 15) is 13.2 Å². The van der Waals surface area contributed by atoms with E-state index >= 15 is 0 Å². The lowest BCUT2D eigenvalue weighted by Crippen LogP contribution is -2.41. The molecule has 0 bridgehead atoms. The average molecular weight is 298 g/mol. The number of pyridine rings is 1. The van der Waals surface area contributed by atoms with E-state index in [1.807, 2.05) is 6.07 Å². The van der Waals surface area contributed by atoms with Crippen molar-refractivity contribution in [3.8, 4) is 6.07 Å². The highest BCUT2D eigenvalue weighted by molar-refractivity contribution is 6.62. The molecule has 1 aromatic rings. The van der Waals surface area contributed by atoms with Gasteiger partial charge in [-0.3, -0.25) is 4.98 Å². The van der Waals surface area contributed by atoms with Crippen LogP contribution in [-0.4, -0.2) is 23.3 Å². The molecule has 2 heterocycles. The fourth-order valence-corrected chi connectivity index (χ4v) is 1.88. The van der Waals surface area contributed by atoms with Crippen LogP contribution < -0.4 is 5.46 Å². The minimum atomic E-state index is -4.59. The summed E-state index contributed by atoms with van der Waals surface area (Å²) in [6.45, 7) is 7.13. The zero-order valence-corrected chi connectivity index (χ0v) is 12.1. The van der Waals surface area contributed by atoms with Crippen LogP contribution in [0.2, 0.25) is 0 Å². The van der Waals surface area contributed by atoms with Crippen molar-refractivity contribution in [2.75, 3.05) is 0 Å². The van der Waals surface area contributed by atoms with Crippen LogP contribution in [0.25, 0.3) is 0 Å². The van der Waals surface area contributed by atoms with Gasteiger partial charge in [0.25, 0.3) is 0 Å². The van der Waals surface area contributed by atoms with Crippen LogP contribution in [0.4, 0.5) is 13.2 Å². The van der Waals surface area contributed by atoms with E-state index in [-0.39, 0.29) is 11.0 Å². The maximum atomic E-state index is 12.8. The van der Waals surface area contributed by atoms with Gasteiger partial charge in [0.15, 0.2) is 0 Å². The molecule has 0 amide bonds. The molecule has 21 heavy (non-hydrogen) atoms. The van der Waals surface area contributed by atoms with E-state index in [2.05, 4.69) is 4.98 Å². The second-order valence-electron chi connectivity index (χ2n) is 5.85. The highest BCUT2D eigenvalue weighted by Crippen LogP contribution is 2.37. The molecule has 4 nitrogen and oxygen atoms in total. The Kier molecular flexibility index (Phi) is 3.55. The van der Waals surface area contributed by atoms with Crippen LogP contribution in [-0.2, 0) is 15.5 Å². The fraction of sp³-hybridized carbons (Fsp3) is 0.538. The molecule has 0 atom stereocenters. The first kappa shape index (κ1) is 15.8. The summed E-state index contributed by atoms with van der Waals surface area (Å²) < 4.78 is 49.7. The lowest BCUT2D eigenvalue weighted by molar-refractivity contribution is -0.141. The second-order valence-corrected chi connectivity index (χ2v) is 5.85. The van der Waals surface area contributed by atoms with Crippen molar-refractivity contribution >= 4 is 12.6 Å². The number of halogens is 3. The van der Waals surface area contributed by atoms with Gasteiger partial charge in [-0.1, -0.05) is 0 Å². The molecule has 1 saturated heterocycles. The molecule has 8 heteroatoms. The molecule has 0 aliphatic carbocycles. The molecule has 0 radical (unpaired) electrons. The van der Waals surface area contributed by atoms with Crippen molar-refractivity contribution in [1.29, 1.82) is 5.26 Å². The fourth-order valence-electron chi connectivity index (χ4n) is 1.88. The summed E-state index contributed by atoms with van der Waals surface area (Å²) in [5.74, 6) is 0. The topological polar surface area (TPSA) is 55.1 Å². The largest absolute Gasteiger partial charge is 0.496 e. The third kappa shape index (κ3) is 2.76. The number of aromatic nitrogens is 1. The Morgan fingerprint density at radius 2 is 1.71 bits per heavy atom. The van der Waals surface area contributed by atoms with Gasteiger partial charge in [-0.25, -0.2) is 0 Å². The Labute approximate surface area is 121 Å². The first-order valence-corrected chi connectivity index (χ1v) is 6.31. The molecule has 0 saturated carbocycles. The molecule has 0 aromatic carbocycles. The van der Waals surface area contributed by atoms with Gasteiger partial charge in [-0.05, 0) is 33.8 Å². The SMILES string of the molecule is CC1(C)OB(c2cc(C(F)(F)F)ncc2C#N)OC1(C)C. The smallest absolute Gasteiger partial charge is 0.399 e. The quantitative estimate of drug-likeness (QED) is 0.746. The third-order valence-corrected chi connectivity index (χ3v) is 3.85. The summed E-state index contributed by atoms with van der Waals surface area (Å²) in [5, 5.41) is 9.05. The Balaban J connectivity index is 2.47. The zero-order chi connectivity index (χ0) is 16.1. The molecule has 112 valence electrons. The number of nitriles is 1. The van der Waals surface area contributed by atoms with Crippen molar-refractivity contribution in [3.05, 3.63) is 23.5 Å². The van der Waals surface area contributed by atoms with Crippen LogP contribution in [0.3, 0.4) is 0 Å². The van der Waals surface area contributed by atoms with Crippen molar-refractivity contribution in [2.45, 2.75) is 45.1 Å². The van der Waals surface area contributed by atoms with Crippen molar-refractivity contribution in [1.82, 2.24) is 4.98 Å². The highest BCUT2D eigenvalue weighted by Gasteiger charge is 2.52. The maximum Gasteiger partial charge on any atom is 0.496 e. The van der Waals surface area contributed by atoms with E-state index in [0.29, 0.717) is 0 Å². The summed E-state index contributed by atoms with van der Waals surface area (Å²) in [4.78, 5) is 3.27. The molecular weight excluding hydrogens is 284 g/mol. The number of hydrogen-bond acceptors (Lipinski definition) is 4. The Hall–Kier alpha value is -1.59. The third-order valence-electron chi connectivity index (χ3n) is 3.85. The lowest BCUT2D eigenvalue weighted by Gasteiger charge is -2.32. The standard InChI is InChI=1S/C13H14BF3N2O2/c1-11(2)12(3,4)21-14(20-11)9-5-10(13(15,16)17)19-7-8(9)6-18/h5,7H,1-4H3. The second kappa shape index (κ2) is 4.72. The number of alkyl halides is 3. The monoisotopic (exact) mass is 298 g/mol. The van der Waals surface area contributed by atoms with Gasteiger partial charge in [0.05, 0.1) is 16.8 Å². The molecule has 0 spiro atoms. The summed E-state index contributed by atoms with van der Waals surface area (Å²) in [6, 6.07) is 2.62. The minimum Gasteiger partial charge on any atom is -0.399 e. The first-order chi connectivity index (χ1) is 9.48. The molecule has 1 aliphatic heterocycles. The molecule has 1 aromatic heterocycles. The summed E-state index contributed by atoms with van der Waals surface area (Å²) in [5.41, 5.74) is -2.44. The molecule has 1 aliphatic rings. The average Bonchev–Trinajstić information content (AvgIpc) is 2.56. The summed E-state index contributed by atoms with van der Waals surface area (Å²) in [7, 11) is -1.03. The molecule has 0 unspecified atom stereocenters. The lowest BCUT2D eigenvalue weighted by atomic mass is 9.76. The zero-order valence-electron chi connectivity index (χ0n) is 12.1. The first-order valence-electron chi connectivity index (χ1n) is 6.31. The Bertz CT molecular complexity index is 592. The number of hydrogen-bond donors (Lipinski definition) is 0. The normalized spacial score (nSPS) is 20.4. The van der Waals surface area contributed by atoms with Gasteiger partial charge in [0.2, 0.25) is 0 Å². The highest BCUT2D eigenvalue weighted by atomic mass is 19.4. The Morgan fingerprint density at radius 3 is 2.14 bits per heavy atom. The molecule has 0 N–H and O–H groups in total. The van der Waals surface area contributed by atoms with Crippen LogP contribution in [0, 0.1) is 11.3 Å². The van der Waals surface area contributed by atoms with Crippen molar-refractivity contribution < 1.29 is 22.5 Å². The van der Waals surface area contributed by atoms with Gasteiger partial charge in [-0.2, -0.15) is 18.4 Å². The minimum absolute atomic E-state index is 0.00139. The maximum absolute atomic E-state index is 12.8. The van der Waals surface area contributed by atoms with Crippen LogP contribution in [0.1, 0.15) is 39.0 Å². The van der Waals surface area contributed by atoms with Gasteiger partial charge in [-0.15, -0.1) is 0 Å². The van der Waals surface area contributed by atoms with E-state index < -0.39 is 30.2 Å². The number of nitrogens with zero attached hydrogens (tertiary/aromatic N) is 2. The van der Waals surface area contributed by atoms with Gasteiger partial charge in [0.1, 0.15) is 11.8 Å². The van der Waals surface area contributed by atoms with E-state index in [1.165, 1.54) is 0 Å². The van der Waals surface area contributed by atoms with Gasteiger partial charge in [0, 0.05) is 11.7 Å². The van der Waals surface area contributed by atoms with Gasteiger partial charge < -0.3 is 9.31 Å². The van der Waals surface area contributed by atoms with Crippen molar-refractivity contribution in [2.24, 2.45) is 0 Å². The molecule has 1 fully saturated rings. The van der Waals surface area contributed by atoms with E-state index in [1.54, 1.807) is 27.7 Å². The van der Waals surface area contributed by atoms with E-state index in [4.69, 9.17) is 14.6 Å². The Morgan fingerprint density at radius 1 is 1.19 bits per heavy atom.